The molecule has 15 heavy (non-hydrogen) atoms. The minimum absolute atomic E-state index is 0.152. The predicted octanol–water partition coefficient (Wildman–Crippen LogP) is 1.52. The van der Waals surface area contributed by atoms with Gasteiger partial charge in [-0.25, -0.2) is 0 Å². The molecule has 0 saturated heterocycles. The van der Waals surface area contributed by atoms with Gasteiger partial charge in [0.15, 0.2) is 0 Å². The first-order valence-electron chi connectivity index (χ1n) is 4.58. The van der Waals surface area contributed by atoms with Gasteiger partial charge in [0.2, 0.25) is 5.91 Å². The summed E-state index contributed by atoms with van der Waals surface area (Å²) in [5, 5.41) is 2.69. The second-order valence-electron chi connectivity index (χ2n) is 3.47. The fourth-order valence-corrected chi connectivity index (χ4v) is 1.31. The maximum absolute atomic E-state index is 11.0. The van der Waals surface area contributed by atoms with E-state index < -0.39 is 0 Å². The zero-order valence-electron chi connectivity index (χ0n) is 9.07. The van der Waals surface area contributed by atoms with Crippen LogP contribution >= 0.6 is 0 Å². The Bertz CT molecular complexity index is 386. The lowest BCUT2D eigenvalue weighted by atomic mass is 10.1. The van der Waals surface area contributed by atoms with Gasteiger partial charge in [-0.1, -0.05) is 0 Å². The van der Waals surface area contributed by atoms with Crippen LogP contribution in [0.4, 0.5) is 11.4 Å². The van der Waals surface area contributed by atoms with Gasteiger partial charge in [-0.05, 0) is 18.2 Å². The van der Waals surface area contributed by atoms with Crippen molar-refractivity contribution in [2.45, 2.75) is 6.92 Å². The first-order chi connectivity index (χ1) is 7.04. The molecule has 1 aromatic rings. The van der Waals surface area contributed by atoms with Crippen LogP contribution in [0.1, 0.15) is 17.3 Å². The normalized spacial score (nSPS) is 9.53. The monoisotopic (exact) mass is 206 g/mol. The number of rotatable bonds is 3. The second-order valence-corrected chi connectivity index (χ2v) is 3.47. The summed E-state index contributed by atoms with van der Waals surface area (Å²) >= 11 is 0. The Morgan fingerprint density at radius 1 is 1.40 bits per heavy atom. The summed E-state index contributed by atoms with van der Waals surface area (Å²) in [6, 6.07) is 5.17. The fraction of sp³-hybridized carbons (Fsp3) is 0.273. The van der Waals surface area contributed by atoms with E-state index in [1.807, 2.05) is 19.0 Å². The number of nitrogens with one attached hydrogen (secondary N) is 1. The van der Waals surface area contributed by atoms with Crippen LogP contribution < -0.4 is 10.2 Å². The molecule has 0 aliphatic heterocycles. The Labute approximate surface area is 88.9 Å². The van der Waals surface area contributed by atoms with Crippen molar-refractivity contribution in [3.05, 3.63) is 23.8 Å². The van der Waals surface area contributed by atoms with E-state index in [0.29, 0.717) is 11.3 Å². The number of amides is 1. The molecule has 1 rings (SSSR count). The number of nitrogens with zero attached hydrogens (tertiary/aromatic N) is 1. The number of carbonyl (C=O) groups is 2. The third-order valence-corrected chi connectivity index (χ3v) is 1.95. The molecule has 1 amide bonds. The average Bonchev–Trinajstić information content (AvgIpc) is 2.16. The molecule has 4 heteroatoms. The smallest absolute Gasteiger partial charge is 0.221 e. The topological polar surface area (TPSA) is 49.4 Å². The van der Waals surface area contributed by atoms with Crippen molar-refractivity contribution in [3.8, 4) is 0 Å². The summed E-state index contributed by atoms with van der Waals surface area (Å²) in [4.78, 5) is 23.4. The summed E-state index contributed by atoms with van der Waals surface area (Å²) in [5.74, 6) is -0.152. The van der Waals surface area contributed by atoms with E-state index in [2.05, 4.69) is 5.32 Å². The molecule has 0 spiro atoms. The third-order valence-electron chi connectivity index (χ3n) is 1.95. The van der Waals surface area contributed by atoms with Gasteiger partial charge in [0.1, 0.15) is 6.29 Å². The van der Waals surface area contributed by atoms with Gasteiger partial charge in [-0.2, -0.15) is 0 Å². The molecule has 1 N–H and O–H groups in total. The van der Waals surface area contributed by atoms with Gasteiger partial charge in [-0.15, -0.1) is 0 Å². The molecule has 0 saturated carbocycles. The largest absolute Gasteiger partial charge is 0.376 e. The van der Waals surface area contributed by atoms with E-state index in [1.54, 1.807) is 18.2 Å². The molecule has 1 aromatic carbocycles. The van der Waals surface area contributed by atoms with Gasteiger partial charge >= 0.3 is 0 Å². The number of hydrogen-bond donors (Lipinski definition) is 1. The van der Waals surface area contributed by atoms with Gasteiger partial charge in [0, 0.05) is 26.6 Å². The summed E-state index contributed by atoms with van der Waals surface area (Å²) in [5.41, 5.74) is 2.07. The van der Waals surface area contributed by atoms with E-state index in [4.69, 9.17) is 0 Å². The van der Waals surface area contributed by atoms with Crippen molar-refractivity contribution in [1.82, 2.24) is 0 Å². The van der Waals surface area contributed by atoms with Crippen LogP contribution in [0.25, 0.3) is 0 Å². The quantitative estimate of drug-likeness (QED) is 0.763. The maximum Gasteiger partial charge on any atom is 0.221 e. The Kier molecular flexibility index (Phi) is 3.44. The standard InChI is InChI=1S/C11H14N2O2/c1-8(15)12-10-6-9(7-14)4-5-11(10)13(2)3/h4-7H,1-3H3,(H,12,15). The molecule has 0 bridgehead atoms. The summed E-state index contributed by atoms with van der Waals surface area (Å²) in [7, 11) is 3.75. The molecule has 0 heterocycles. The van der Waals surface area contributed by atoms with Crippen LogP contribution in [0.2, 0.25) is 0 Å². The van der Waals surface area contributed by atoms with Crippen molar-refractivity contribution in [1.29, 1.82) is 0 Å². The number of carbonyl (C=O) groups excluding carboxylic acids is 2. The van der Waals surface area contributed by atoms with Gasteiger partial charge in [-0.3, -0.25) is 9.59 Å². The van der Waals surface area contributed by atoms with Crippen molar-refractivity contribution in [2.75, 3.05) is 24.3 Å². The average molecular weight is 206 g/mol. The Morgan fingerprint density at radius 2 is 2.07 bits per heavy atom. The van der Waals surface area contributed by atoms with E-state index in [-0.39, 0.29) is 5.91 Å². The van der Waals surface area contributed by atoms with Gasteiger partial charge in [0.05, 0.1) is 11.4 Å². The van der Waals surface area contributed by atoms with Crippen molar-refractivity contribution in [3.63, 3.8) is 0 Å². The lowest BCUT2D eigenvalue weighted by Crippen LogP contribution is -2.14. The molecule has 0 radical (unpaired) electrons. The molecule has 0 atom stereocenters. The van der Waals surface area contributed by atoms with Crippen LogP contribution in [-0.2, 0) is 4.79 Å². The van der Waals surface area contributed by atoms with Gasteiger partial charge in [0.25, 0.3) is 0 Å². The first kappa shape index (κ1) is 11.2. The fourth-order valence-electron chi connectivity index (χ4n) is 1.31. The number of benzene rings is 1. The lowest BCUT2D eigenvalue weighted by molar-refractivity contribution is -0.114. The predicted molar refractivity (Wildman–Crippen MR) is 60.5 cm³/mol. The SMILES string of the molecule is CC(=O)Nc1cc(C=O)ccc1N(C)C. The van der Waals surface area contributed by atoms with Crippen LogP contribution in [0.15, 0.2) is 18.2 Å². The second kappa shape index (κ2) is 4.59. The Hall–Kier alpha value is -1.84. The van der Waals surface area contributed by atoms with Crippen LogP contribution in [0.3, 0.4) is 0 Å². The minimum Gasteiger partial charge on any atom is -0.376 e. The van der Waals surface area contributed by atoms with E-state index >= 15 is 0 Å². The maximum atomic E-state index is 11.0. The molecule has 0 aromatic heterocycles. The minimum atomic E-state index is -0.152. The zero-order valence-corrected chi connectivity index (χ0v) is 9.07. The summed E-state index contributed by atoms with van der Waals surface area (Å²) in [6.45, 7) is 1.44. The zero-order chi connectivity index (χ0) is 11.4. The Balaban J connectivity index is 3.15. The molecule has 0 unspecified atom stereocenters. The lowest BCUT2D eigenvalue weighted by Gasteiger charge is -2.17. The number of hydrogen-bond acceptors (Lipinski definition) is 3. The highest BCUT2D eigenvalue weighted by Crippen LogP contribution is 2.24. The molecular weight excluding hydrogens is 192 g/mol. The molecule has 0 aliphatic carbocycles. The molecule has 0 fully saturated rings. The van der Waals surface area contributed by atoms with Crippen LogP contribution in [0.5, 0.6) is 0 Å². The van der Waals surface area contributed by atoms with Crippen LogP contribution in [0, 0.1) is 0 Å². The summed E-state index contributed by atoms with van der Waals surface area (Å²) < 4.78 is 0. The third kappa shape index (κ3) is 2.80. The first-order valence-corrected chi connectivity index (χ1v) is 4.58. The summed E-state index contributed by atoms with van der Waals surface area (Å²) in [6.07, 6.45) is 0.755. The molecule has 80 valence electrons. The van der Waals surface area contributed by atoms with Crippen molar-refractivity contribution < 1.29 is 9.59 Å². The highest BCUT2D eigenvalue weighted by molar-refractivity contribution is 5.94. The van der Waals surface area contributed by atoms with E-state index in [1.165, 1.54) is 6.92 Å². The van der Waals surface area contributed by atoms with E-state index in [0.717, 1.165) is 12.0 Å². The van der Waals surface area contributed by atoms with Gasteiger partial charge < -0.3 is 10.2 Å². The Morgan fingerprint density at radius 3 is 2.53 bits per heavy atom. The highest BCUT2D eigenvalue weighted by Gasteiger charge is 2.06. The number of aldehydes is 1. The van der Waals surface area contributed by atoms with Crippen LogP contribution in [-0.4, -0.2) is 26.3 Å². The molecule has 0 aliphatic rings. The highest BCUT2D eigenvalue weighted by atomic mass is 16.1. The van der Waals surface area contributed by atoms with Crippen molar-refractivity contribution >= 4 is 23.6 Å². The molecule has 4 nitrogen and oxygen atoms in total. The van der Waals surface area contributed by atoms with E-state index in [9.17, 15) is 9.59 Å². The number of anilines is 2. The molecular formula is C11H14N2O2. The van der Waals surface area contributed by atoms with Crippen molar-refractivity contribution in [2.24, 2.45) is 0 Å².